The lowest BCUT2D eigenvalue weighted by atomic mass is 10.0. The van der Waals surface area contributed by atoms with Gasteiger partial charge in [0.2, 0.25) is 11.8 Å². The summed E-state index contributed by atoms with van der Waals surface area (Å²) in [6.07, 6.45) is 0.112. The molecule has 0 spiro atoms. The van der Waals surface area contributed by atoms with Crippen LogP contribution in [0.15, 0.2) is 36.4 Å². The highest BCUT2D eigenvalue weighted by atomic mass is 19.1. The van der Waals surface area contributed by atoms with Gasteiger partial charge < -0.3 is 9.64 Å². The second kappa shape index (κ2) is 10.1. The van der Waals surface area contributed by atoms with E-state index in [9.17, 15) is 19.2 Å². The monoisotopic (exact) mass is 535 g/mol. The maximum atomic E-state index is 15.4. The first-order chi connectivity index (χ1) is 18.8. The molecule has 3 fully saturated rings. The van der Waals surface area contributed by atoms with Gasteiger partial charge in [0.1, 0.15) is 11.9 Å². The van der Waals surface area contributed by atoms with Gasteiger partial charge in [-0.3, -0.25) is 39.2 Å². The number of fused-ring (bicyclic) bond motifs is 1. The predicted octanol–water partition coefficient (Wildman–Crippen LogP) is 1.51. The Morgan fingerprint density at radius 1 is 1.03 bits per heavy atom. The van der Waals surface area contributed by atoms with Crippen molar-refractivity contribution in [2.24, 2.45) is 0 Å². The standard InChI is InChI=1S/C28H30FN5O5/c1-31(21-6-5-17(13-20(21)29)14-32-15-18(16-32)33-9-11-39-12-10-33)22-4-2-3-19-25(22)28(38)34(27(19)37)23-7-8-24(35)30-26(23)36/h2-6,13,18,23H,7-12,14-16H2,1H3,(H,30,35,36)/t23-/m0/s1. The molecule has 1 N–H and O–H groups in total. The van der Waals surface area contributed by atoms with Gasteiger partial charge in [-0.05, 0) is 36.2 Å². The fourth-order valence-corrected chi connectivity index (χ4v) is 5.93. The van der Waals surface area contributed by atoms with Crippen LogP contribution in [0.5, 0.6) is 0 Å². The molecule has 0 aliphatic carbocycles. The maximum Gasteiger partial charge on any atom is 0.264 e. The van der Waals surface area contributed by atoms with Crippen LogP contribution in [0.3, 0.4) is 0 Å². The number of rotatable bonds is 6. The Hall–Kier alpha value is -3.67. The molecule has 39 heavy (non-hydrogen) atoms. The van der Waals surface area contributed by atoms with Crippen molar-refractivity contribution in [1.82, 2.24) is 20.0 Å². The van der Waals surface area contributed by atoms with Crippen molar-refractivity contribution >= 4 is 35.0 Å². The van der Waals surface area contributed by atoms with E-state index in [2.05, 4.69) is 15.1 Å². The number of nitrogens with one attached hydrogen (secondary N) is 1. The molecule has 1 atom stereocenters. The summed E-state index contributed by atoms with van der Waals surface area (Å²) in [4.78, 5) is 57.8. The number of hydrogen-bond donors (Lipinski definition) is 1. The minimum Gasteiger partial charge on any atom is -0.379 e. The zero-order valence-electron chi connectivity index (χ0n) is 21.7. The molecule has 3 saturated heterocycles. The molecule has 0 radical (unpaired) electrons. The number of hydrogen-bond acceptors (Lipinski definition) is 8. The van der Waals surface area contributed by atoms with Crippen molar-refractivity contribution in [3.05, 3.63) is 58.9 Å². The molecule has 11 heteroatoms. The van der Waals surface area contributed by atoms with Crippen molar-refractivity contribution in [2.45, 2.75) is 31.5 Å². The van der Waals surface area contributed by atoms with Crippen molar-refractivity contribution in [3.8, 4) is 0 Å². The molecule has 0 aromatic heterocycles. The molecule has 0 bridgehead atoms. The molecule has 0 unspecified atom stereocenters. The molecule has 10 nitrogen and oxygen atoms in total. The summed E-state index contributed by atoms with van der Waals surface area (Å²) in [7, 11) is 1.64. The highest BCUT2D eigenvalue weighted by molar-refractivity contribution is 6.25. The molecule has 4 aliphatic heterocycles. The largest absolute Gasteiger partial charge is 0.379 e. The highest BCUT2D eigenvalue weighted by Gasteiger charge is 2.46. The van der Waals surface area contributed by atoms with Crippen LogP contribution in [0.25, 0.3) is 0 Å². The lowest BCUT2D eigenvalue weighted by Gasteiger charge is -2.46. The summed E-state index contributed by atoms with van der Waals surface area (Å²) >= 11 is 0. The predicted molar refractivity (Wildman–Crippen MR) is 139 cm³/mol. The number of ether oxygens (including phenoxy) is 1. The van der Waals surface area contributed by atoms with E-state index >= 15 is 4.39 Å². The van der Waals surface area contributed by atoms with Crippen LogP contribution in [0.1, 0.15) is 39.1 Å². The molecule has 2 aromatic carbocycles. The quantitative estimate of drug-likeness (QED) is 0.556. The summed E-state index contributed by atoms with van der Waals surface area (Å²) < 4.78 is 20.8. The van der Waals surface area contributed by atoms with Gasteiger partial charge in [0.05, 0.1) is 35.7 Å². The Labute approximate surface area is 225 Å². The van der Waals surface area contributed by atoms with Crippen LogP contribution >= 0.6 is 0 Å². The number of piperidine rings is 1. The summed E-state index contributed by atoms with van der Waals surface area (Å²) in [6, 6.07) is 9.33. The van der Waals surface area contributed by atoms with Crippen molar-refractivity contribution in [3.63, 3.8) is 0 Å². The maximum absolute atomic E-state index is 15.4. The summed E-state index contributed by atoms with van der Waals surface area (Å²) in [5, 5.41) is 2.20. The molecule has 4 heterocycles. The number of carbonyl (C=O) groups is 4. The summed E-state index contributed by atoms with van der Waals surface area (Å²) in [5.41, 5.74) is 1.76. The first-order valence-electron chi connectivity index (χ1n) is 13.2. The normalized spacial score (nSPS) is 22.6. The van der Waals surface area contributed by atoms with Gasteiger partial charge in [0.25, 0.3) is 11.8 Å². The van der Waals surface area contributed by atoms with Crippen LogP contribution in [0, 0.1) is 5.82 Å². The first kappa shape index (κ1) is 25.6. The zero-order valence-corrected chi connectivity index (χ0v) is 21.7. The number of morpholine rings is 1. The van der Waals surface area contributed by atoms with Gasteiger partial charge in [-0.15, -0.1) is 0 Å². The van der Waals surface area contributed by atoms with Gasteiger partial charge in [0, 0.05) is 52.2 Å². The topological polar surface area (TPSA) is 102 Å². The van der Waals surface area contributed by atoms with Gasteiger partial charge in [-0.2, -0.15) is 0 Å². The zero-order chi connectivity index (χ0) is 27.3. The minimum absolute atomic E-state index is 0.0411. The van der Waals surface area contributed by atoms with Gasteiger partial charge in [-0.25, -0.2) is 4.39 Å². The van der Waals surface area contributed by atoms with E-state index in [0.717, 1.165) is 49.9 Å². The Kier molecular flexibility index (Phi) is 6.66. The van der Waals surface area contributed by atoms with Crippen LogP contribution < -0.4 is 10.2 Å². The van der Waals surface area contributed by atoms with Gasteiger partial charge in [0.15, 0.2) is 0 Å². The number of imide groups is 2. The lowest BCUT2D eigenvalue weighted by Crippen LogP contribution is -2.60. The average Bonchev–Trinajstić information content (AvgIpc) is 3.16. The van der Waals surface area contributed by atoms with E-state index < -0.39 is 35.5 Å². The van der Waals surface area contributed by atoms with E-state index in [4.69, 9.17) is 4.74 Å². The fourth-order valence-electron chi connectivity index (χ4n) is 5.93. The summed E-state index contributed by atoms with van der Waals surface area (Å²) in [6.45, 7) is 5.99. The van der Waals surface area contributed by atoms with Crippen LogP contribution in [-0.4, -0.2) is 96.9 Å². The van der Waals surface area contributed by atoms with Crippen LogP contribution in [0.2, 0.25) is 0 Å². The van der Waals surface area contributed by atoms with E-state index in [1.54, 1.807) is 30.1 Å². The Bertz CT molecular complexity index is 1350. The Balaban J connectivity index is 1.17. The van der Waals surface area contributed by atoms with Crippen molar-refractivity contribution in [2.75, 3.05) is 51.3 Å². The van der Waals surface area contributed by atoms with Crippen molar-refractivity contribution < 1.29 is 28.3 Å². The Morgan fingerprint density at radius 2 is 1.79 bits per heavy atom. The van der Waals surface area contributed by atoms with E-state index in [1.165, 1.54) is 12.1 Å². The average molecular weight is 536 g/mol. The third-order valence-corrected chi connectivity index (χ3v) is 8.09. The number of amides is 4. The number of likely N-dealkylation sites (tertiary alicyclic amines) is 1. The minimum atomic E-state index is -1.06. The highest BCUT2D eigenvalue weighted by Crippen LogP contribution is 2.37. The fraction of sp³-hybridized carbons (Fsp3) is 0.429. The number of halogens is 1. The van der Waals surface area contributed by atoms with Crippen LogP contribution in [0.4, 0.5) is 15.8 Å². The molecular weight excluding hydrogens is 505 g/mol. The molecule has 204 valence electrons. The van der Waals surface area contributed by atoms with E-state index in [-0.39, 0.29) is 29.7 Å². The lowest BCUT2D eigenvalue weighted by molar-refractivity contribution is -0.136. The smallest absolute Gasteiger partial charge is 0.264 e. The number of nitrogens with zero attached hydrogens (tertiary/aromatic N) is 4. The molecule has 0 saturated carbocycles. The second-order valence-electron chi connectivity index (χ2n) is 10.5. The molecule has 2 aromatic rings. The SMILES string of the molecule is CN(c1ccc(CN2CC(N3CCOCC3)C2)cc1F)c1cccc2c1C(=O)N([C@H]1CCC(=O)NC1=O)C2=O. The molecular formula is C28H30FN5O5. The molecule has 4 aliphatic rings. The molecule has 6 rings (SSSR count). The Morgan fingerprint density at radius 3 is 2.51 bits per heavy atom. The van der Waals surface area contributed by atoms with Crippen LogP contribution in [-0.2, 0) is 20.9 Å². The number of carbonyl (C=O) groups excluding carboxylic acids is 4. The van der Waals surface area contributed by atoms with Gasteiger partial charge >= 0.3 is 0 Å². The summed E-state index contributed by atoms with van der Waals surface area (Å²) in [5.74, 6) is -2.76. The van der Waals surface area contributed by atoms with E-state index in [0.29, 0.717) is 18.3 Å². The molecule has 4 amide bonds. The number of benzene rings is 2. The first-order valence-corrected chi connectivity index (χ1v) is 13.2. The third kappa shape index (κ3) is 4.60. The van der Waals surface area contributed by atoms with E-state index in [1.807, 2.05) is 6.07 Å². The second-order valence-corrected chi connectivity index (χ2v) is 10.5. The van der Waals surface area contributed by atoms with Gasteiger partial charge in [-0.1, -0.05) is 12.1 Å². The third-order valence-electron chi connectivity index (χ3n) is 8.09. The number of anilines is 2. The van der Waals surface area contributed by atoms with Crippen molar-refractivity contribution in [1.29, 1.82) is 0 Å².